The van der Waals surface area contributed by atoms with Gasteiger partial charge in [-0.05, 0) is 43.7 Å². The van der Waals surface area contributed by atoms with E-state index >= 15 is 0 Å². The Morgan fingerprint density at radius 2 is 1.74 bits per heavy atom. The van der Waals surface area contributed by atoms with Gasteiger partial charge in [0.1, 0.15) is 17.5 Å². The molecule has 194 valence electrons. The second-order valence-corrected chi connectivity index (χ2v) is 11.0. The number of halogens is 1. The van der Waals surface area contributed by atoms with Gasteiger partial charge in [0.15, 0.2) is 5.82 Å². The zero-order chi connectivity index (χ0) is 26.6. The van der Waals surface area contributed by atoms with Crippen LogP contribution in [0, 0.1) is 11.8 Å². The van der Waals surface area contributed by atoms with Gasteiger partial charge in [-0.3, -0.25) is 9.48 Å². The van der Waals surface area contributed by atoms with Crippen LogP contribution in [0.15, 0.2) is 60.9 Å². The third-order valence-corrected chi connectivity index (χ3v) is 7.49. The van der Waals surface area contributed by atoms with Gasteiger partial charge >= 0.3 is 0 Å². The zero-order valence-electron chi connectivity index (χ0n) is 21.4. The number of likely N-dealkylation sites (tertiary alicyclic amines) is 1. The van der Waals surface area contributed by atoms with Crippen molar-refractivity contribution in [2.45, 2.75) is 25.5 Å². The van der Waals surface area contributed by atoms with Gasteiger partial charge < -0.3 is 15.4 Å². The van der Waals surface area contributed by atoms with Gasteiger partial charge in [-0.15, -0.1) is 0 Å². The largest absolute Gasteiger partial charge is 0.474 e. The predicted molar refractivity (Wildman–Crippen MR) is 143 cm³/mol. The number of hydrogen-bond acceptors (Lipinski definition) is 7. The summed E-state index contributed by atoms with van der Waals surface area (Å²) in [6.45, 7) is 5.17. The van der Waals surface area contributed by atoms with E-state index in [9.17, 15) is 4.79 Å². The number of nitrogens with two attached hydrogens (primary N) is 1. The maximum atomic E-state index is 13.3. The minimum atomic E-state index is -0.558. The molecule has 3 aromatic heterocycles. The summed E-state index contributed by atoms with van der Waals surface area (Å²) in [4.78, 5) is 28.4. The van der Waals surface area contributed by atoms with Gasteiger partial charge in [0.25, 0.3) is 5.91 Å². The van der Waals surface area contributed by atoms with Crippen LogP contribution in [0.1, 0.15) is 29.9 Å². The Bertz CT molecular complexity index is 1490. The van der Waals surface area contributed by atoms with E-state index in [1.165, 1.54) is 0 Å². The second-order valence-electron chi connectivity index (χ2n) is 10.5. The number of rotatable bonds is 6. The van der Waals surface area contributed by atoms with E-state index in [2.05, 4.69) is 15.1 Å². The van der Waals surface area contributed by atoms with E-state index in [0.717, 1.165) is 16.8 Å². The fourth-order valence-electron chi connectivity index (χ4n) is 5.03. The number of benzene rings is 1. The van der Waals surface area contributed by atoms with Crippen LogP contribution in [0.2, 0.25) is 5.02 Å². The molecule has 0 bridgehead atoms. The molecule has 6 rings (SSSR count). The molecule has 1 aliphatic heterocycles. The first-order chi connectivity index (χ1) is 18.2. The minimum Gasteiger partial charge on any atom is -0.474 e. The lowest BCUT2D eigenvalue weighted by molar-refractivity contribution is 0.0740. The molecule has 3 atom stereocenters. The summed E-state index contributed by atoms with van der Waals surface area (Å²) in [5.74, 6) is 1.51. The number of aryl methyl sites for hydroxylation is 1. The Hall–Kier alpha value is -3.82. The summed E-state index contributed by atoms with van der Waals surface area (Å²) < 4.78 is 7.96. The Balaban J connectivity index is 1.16. The lowest BCUT2D eigenvalue weighted by atomic mass is 9.95. The van der Waals surface area contributed by atoms with Crippen molar-refractivity contribution >= 4 is 17.5 Å². The van der Waals surface area contributed by atoms with E-state index in [4.69, 9.17) is 27.1 Å². The normalized spacial score (nSPS) is 20.3. The number of amides is 1. The third kappa shape index (κ3) is 4.63. The van der Waals surface area contributed by atoms with E-state index in [1.54, 1.807) is 36.3 Å². The number of pyridine rings is 1. The Morgan fingerprint density at radius 1 is 1.05 bits per heavy atom. The van der Waals surface area contributed by atoms with Crippen molar-refractivity contribution in [2.24, 2.45) is 24.6 Å². The van der Waals surface area contributed by atoms with Crippen molar-refractivity contribution in [3.05, 3.63) is 77.2 Å². The summed E-state index contributed by atoms with van der Waals surface area (Å²) in [6.07, 6.45) is 3.33. The molecule has 0 radical (unpaired) electrons. The van der Waals surface area contributed by atoms with Crippen LogP contribution in [0.3, 0.4) is 0 Å². The lowest BCUT2D eigenvalue weighted by Crippen LogP contribution is -2.34. The molecule has 4 heterocycles. The molecule has 2 fully saturated rings. The zero-order valence-corrected chi connectivity index (χ0v) is 22.1. The van der Waals surface area contributed by atoms with Gasteiger partial charge in [0.2, 0.25) is 5.88 Å². The third-order valence-electron chi connectivity index (χ3n) is 7.24. The summed E-state index contributed by atoms with van der Waals surface area (Å²) in [5, 5.41) is 5.10. The van der Waals surface area contributed by atoms with E-state index in [1.807, 2.05) is 55.1 Å². The highest BCUT2D eigenvalue weighted by Crippen LogP contribution is 2.48. The van der Waals surface area contributed by atoms with Gasteiger partial charge in [-0.1, -0.05) is 23.7 Å². The highest BCUT2D eigenvalue weighted by atomic mass is 35.5. The molecule has 1 unspecified atom stereocenters. The average Bonchev–Trinajstić information content (AvgIpc) is 3.22. The molecule has 1 aromatic carbocycles. The summed E-state index contributed by atoms with van der Waals surface area (Å²) in [7, 11) is 1.76. The van der Waals surface area contributed by atoms with Crippen molar-refractivity contribution in [1.82, 2.24) is 29.6 Å². The van der Waals surface area contributed by atoms with E-state index in [-0.39, 0.29) is 23.8 Å². The Morgan fingerprint density at radius 3 is 2.39 bits per heavy atom. The SMILES string of the molecule is Cn1nc(-c2ncccn2)cc1C(=O)N1C[C@@H]2C(Oc3cc(C(C)(C)N)cc(-c4ccc(Cl)cc4)n3)[C@@H]2C1. The monoisotopic (exact) mass is 529 g/mol. The summed E-state index contributed by atoms with van der Waals surface area (Å²) in [5.41, 5.74) is 9.62. The van der Waals surface area contributed by atoms with Crippen LogP contribution in [-0.4, -0.2) is 54.7 Å². The molecular formula is C28H28ClN7O2. The number of piperidine rings is 1. The fraction of sp³-hybridized carbons (Fsp3) is 0.321. The van der Waals surface area contributed by atoms with E-state index < -0.39 is 5.54 Å². The molecule has 1 saturated heterocycles. The van der Waals surface area contributed by atoms with Crippen LogP contribution in [0.25, 0.3) is 22.8 Å². The molecule has 2 N–H and O–H groups in total. The fourth-order valence-corrected chi connectivity index (χ4v) is 5.15. The molecule has 1 amide bonds. The lowest BCUT2D eigenvalue weighted by Gasteiger charge is -2.22. The first kappa shape index (κ1) is 24.5. The highest BCUT2D eigenvalue weighted by molar-refractivity contribution is 6.30. The molecule has 0 spiro atoms. The number of ether oxygens (including phenoxy) is 1. The number of fused-ring (bicyclic) bond motifs is 1. The molecule has 1 saturated carbocycles. The Labute approximate surface area is 225 Å². The predicted octanol–water partition coefficient (Wildman–Crippen LogP) is 3.94. The maximum Gasteiger partial charge on any atom is 0.272 e. The minimum absolute atomic E-state index is 0.0144. The van der Waals surface area contributed by atoms with Crippen molar-refractivity contribution in [1.29, 1.82) is 0 Å². The molecule has 1 aliphatic carbocycles. The van der Waals surface area contributed by atoms with Crippen LogP contribution < -0.4 is 10.5 Å². The summed E-state index contributed by atoms with van der Waals surface area (Å²) >= 11 is 6.07. The molecule has 38 heavy (non-hydrogen) atoms. The Kier molecular flexibility index (Phi) is 5.92. The smallest absolute Gasteiger partial charge is 0.272 e. The molecular weight excluding hydrogens is 502 g/mol. The topological polar surface area (TPSA) is 112 Å². The number of hydrogen-bond donors (Lipinski definition) is 1. The van der Waals surface area contributed by atoms with Crippen LogP contribution in [-0.2, 0) is 12.6 Å². The molecule has 2 aliphatic rings. The number of carbonyl (C=O) groups excluding carboxylic acids is 1. The quantitative estimate of drug-likeness (QED) is 0.402. The van der Waals surface area contributed by atoms with E-state index in [0.29, 0.717) is 41.2 Å². The van der Waals surface area contributed by atoms with Crippen molar-refractivity contribution in [2.75, 3.05) is 13.1 Å². The maximum absolute atomic E-state index is 13.3. The molecule has 4 aromatic rings. The van der Waals surface area contributed by atoms with Crippen LogP contribution in [0.4, 0.5) is 0 Å². The van der Waals surface area contributed by atoms with Crippen LogP contribution in [0.5, 0.6) is 5.88 Å². The average molecular weight is 530 g/mol. The molecule has 10 heteroatoms. The van der Waals surface area contributed by atoms with Crippen molar-refractivity contribution < 1.29 is 9.53 Å². The number of nitrogens with zero attached hydrogens (tertiary/aromatic N) is 6. The van der Waals surface area contributed by atoms with Crippen molar-refractivity contribution in [3.8, 4) is 28.7 Å². The first-order valence-corrected chi connectivity index (χ1v) is 12.9. The van der Waals surface area contributed by atoms with Gasteiger partial charge in [-0.25, -0.2) is 15.0 Å². The highest BCUT2D eigenvalue weighted by Gasteiger charge is 2.59. The first-order valence-electron chi connectivity index (χ1n) is 12.5. The van der Waals surface area contributed by atoms with Gasteiger partial charge in [0, 0.05) is 72.6 Å². The summed E-state index contributed by atoms with van der Waals surface area (Å²) in [6, 6.07) is 15.0. The van der Waals surface area contributed by atoms with Gasteiger partial charge in [0.05, 0.1) is 5.69 Å². The molecule has 9 nitrogen and oxygen atoms in total. The number of aromatic nitrogens is 5. The number of carbonyl (C=O) groups is 1. The second kappa shape index (κ2) is 9.18. The van der Waals surface area contributed by atoms with Crippen LogP contribution >= 0.6 is 11.6 Å². The van der Waals surface area contributed by atoms with Gasteiger partial charge in [-0.2, -0.15) is 5.10 Å². The van der Waals surface area contributed by atoms with Crippen molar-refractivity contribution in [3.63, 3.8) is 0 Å². The standard InChI is InChI=1S/C28H28ClN7O2/c1-28(2,30)17-11-21(16-5-7-18(29)8-6-16)33-24(12-17)38-25-19-14-36(15-20(19)25)27(37)23-13-22(34-35(23)3)26-31-9-4-10-32-26/h4-13,19-20,25H,14-15,30H2,1-3H3/t19-,20+,25?.